The minimum absolute atomic E-state index is 0.0191. The summed E-state index contributed by atoms with van der Waals surface area (Å²) in [5, 5.41) is 6.20. The van der Waals surface area contributed by atoms with Crippen LogP contribution in [0.5, 0.6) is 0 Å². The van der Waals surface area contributed by atoms with E-state index >= 15 is 0 Å². The Labute approximate surface area is 197 Å². The van der Waals surface area contributed by atoms with E-state index in [4.69, 9.17) is 0 Å². The van der Waals surface area contributed by atoms with Gasteiger partial charge in [-0.25, -0.2) is 13.2 Å². The predicted octanol–water partition coefficient (Wildman–Crippen LogP) is 2.08. The van der Waals surface area contributed by atoms with Crippen LogP contribution in [0.1, 0.15) is 56.6 Å². The Morgan fingerprint density at radius 1 is 0.818 bits per heavy atom. The molecule has 3 amide bonds. The lowest BCUT2D eigenvalue weighted by molar-refractivity contribution is -0.138. The Kier molecular flexibility index (Phi) is 7.90. The van der Waals surface area contributed by atoms with E-state index < -0.39 is 15.9 Å². The van der Waals surface area contributed by atoms with Crippen molar-refractivity contribution in [2.75, 3.05) is 37.7 Å². The van der Waals surface area contributed by atoms with E-state index in [1.54, 1.807) is 0 Å². The number of piperidine rings is 1. The molecule has 1 unspecified atom stereocenters. The summed E-state index contributed by atoms with van der Waals surface area (Å²) in [5.41, 5.74) is 0.897. The SMILES string of the molecule is O=C(NC1CCCCC1)NC1CCN(C(=O)C(c2ccccc2)N2CCS(=O)(=O)CC2)CC1. The van der Waals surface area contributed by atoms with E-state index in [9.17, 15) is 18.0 Å². The summed E-state index contributed by atoms with van der Waals surface area (Å²) in [6.45, 7) is 1.91. The van der Waals surface area contributed by atoms with E-state index in [0.29, 0.717) is 26.2 Å². The minimum Gasteiger partial charge on any atom is -0.341 e. The molecule has 9 heteroatoms. The lowest BCUT2D eigenvalue weighted by atomic mass is 9.96. The van der Waals surface area contributed by atoms with E-state index in [2.05, 4.69) is 10.6 Å². The van der Waals surface area contributed by atoms with Crippen molar-refractivity contribution < 1.29 is 18.0 Å². The van der Waals surface area contributed by atoms with Crippen molar-refractivity contribution in [3.8, 4) is 0 Å². The van der Waals surface area contributed by atoms with Gasteiger partial charge in [-0.2, -0.15) is 0 Å². The first-order valence-corrected chi connectivity index (χ1v) is 14.1. The fourth-order valence-electron chi connectivity index (χ4n) is 5.21. The van der Waals surface area contributed by atoms with Gasteiger partial charge in [-0.1, -0.05) is 49.6 Å². The van der Waals surface area contributed by atoms with Gasteiger partial charge in [0.05, 0.1) is 11.5 Å². The first-order valence-electron chi connectivity index (χ1n) is 12.3. The van der Waals surface area contributed by atoms with Crippen LogP contribution in [0.2, 0.25) is 0 Å². The number of hydrogen-bond acceptors (Lipinski definition) is 5. The number of likely N-dealkylation sites (tertiary alicyclic amines) is 1. The maximum absolute atomic E-state index is 13.6. The topological polar surface area (TPSA) is 98.8 Å². The van der Waals surface area contributed by atoms with Crippen LogP contribution in [0.4, 0.5) is 4.79 Å². The molecule has 3 fully saturated rings. The summed E-state index contributed by atoms with van der Waals surface area (Å²) < 4.78 is 23.8. The summed E-state index contributed by atoms with van der Waals surface area (Å²) in [4.78, 5) is 29.8. The van der Waals surface area contributed by atoms with Crippen LogP contribution in [0.15, 0.2) is 30.3 Å². The molecule has 8 nitrogen and oxygen atoms in total. The second kappa shape index (κ2) is 10.9. The summed E-state index contributed by atoms with van der Waals surface area (Å²) >= 11 is 0. The molecule has 0 spiro atoms. The number of amides is 3. The molecule has 2 N–H and O–H groups in total. The quantitative estimate of drug-likeness (QED) is 0.678. The molecule has 1 saturated carbocycles. The van der Waals surface area contributed by atoms with Gasteiger partial charge in [-0.05, 0) is 31.2 Å². The van der Waals surface area contributed by atoms with Crippen molar-refractivity contribution in [2.45, 2.75) is 63.1 Å². The highest BCUT2D eigenvalue weighted by Gasteiger charge is 2.36. The Morgan fingerprint density at radius 3 is 2.00 bits per heavy atom. The Hall–Kier alpha value is -2.13. The number of benzene rings is 1. The molecule has 1 atom stereocenters. The fraction of sp³-hybridized carbons (Fsp3) is 0.667. The monoisotopic (exact) mass is 476 g/mol. The molecule has 0 aromatic heterocycles. The van der Waals surface area contributed by atoms with Crippen LogP contribution >= 0.6 is 0 Å². The zero-order chi connectivity index (χ0) is 23.3. The van der Waals surface area contributed by atoms with Gasteiger partial charge in [0.15, 0.2) is 9.84 Å². The third kappa shape index (κ3) is 6.47. The van der Waals surface area contributed by atoms with Gasteiger partial charge in [0.25, 0.3) is 0 Å². The largest absolute Gasteiger partial charge is 0.341 e. The highest BCUT2D eigenvalue weighted by Crippen LogP contribution is 2.27. The Bertz CT molecular complexity index is 896. The Balaban J connectivity index is 1.33. The van der Waals surface area contributed by atoms with Crippen LogP contribution in [0, 0.1) is 0 Å². The fourth-order valence-corrected chi connectivity index (χ4v) is 6.44. The molecule has 0 bridgehead atoms. The van der Waals surface area contributed by atoms with Gasteiger partial charge in [0.1, 0.15) is 6.04 Å². The molecule has 2 saturated heterocycles. The number of carbonyl (C=O) groups excluding carboxylic acids is 2. The normalized spacial score (nSPS) is 23.6. The second-order valence-corrected chi connectivity index (χ2v) is 11.9. The van der Waals surface area contributed by atoms with Crippen LogP contribution in [-0.2, 0) is 14.6 Å². The minimum atomic E-state index is -3.02. The lowest BCUT2D eigenvalue weighted by Crippen LogP contribution is -2.53. The first-order chi connectivity index (χ1) is 15.9. The highest BCUT2D eigenvalue weighted by atomic mass is 32.2. The number of carbonyl (C=O) groups is 2. The van der Waals surface area contributed by atoms with Crippen LogP contribution in [0.25, 0.3) is 0 Å². The van der Waals surface area contributed by atoms with Crippen molar-refractivity contribution >= 4 is 21.8 Å². The molecule has 1 aromatic carbocycles. The molecule has 3 aliphatic rings. The maximum Gasteiger partial charge on any atom is 0.315 e. The van der Waals surface area contributed by atoms with Crippen LogP contribution in [0.3, 0.4) is 0 Å². The third-order valence-electron chi connectivity index (χ3n) is 7.18. The van der Waals surface area contributed by atoms with Gasteiger partial charge >= 0.3 is 6.03 Å². The van der Waals surface area contributed by atoms with Gasteiger partial charge < -0.3 is 15.5 Å². The number of sulfone groups is 1. The molecule has 4 rings (SSSR count). The summed E-state index contributed by atoms with van der Waals surface area (Å²) in [6.07, 6.45) is 7.16. The average molecular weight is 477 g/mol. The van der Waals surface area contributed by atoms with Gasteiger partial charge in [0.2, 0.25) is 5.91 Å². The molecule has 182 valence electrons. The zero-order valence-corrected chi connectivity index (χ0v) is 20.1. The highest BCUT2D eigenvalue weighted by molar-refractivity contribution is 7.91. The summed E-state index contributed by atoms with van der Waals surface area (Å²) in [5.74, 6) is 0.197. The molecule has 1 aromatic rings. The lowest BCUT2D eigenvalue weighted by Gasteiger charge is -2.39. The third-order valence-corrected chi connectivity index (χ3v) is 8.78. The average Bonchev–Trinajstić information content (AvgIpc) is 2.82. The summed E-state index contributed by atoms with van der Waals surface area (Å²) in [7, 11) is -3.02. The van der Waals surface area contributed by atoms with Crippen molar-refractivity contribution in [1.29, 1.82) is 0 Å². The number of urea groups is 1. The summed E-state index contributed by atoms with van der Waals surface area (Å²) in [6, 6.07) is 9.40. The van der Waals surface area contributed by atoms with E-state index in [1.165, 1.54) is 19.3 Å². The van der Waals surface area contributed by atoms with Gasteiger partial charge in [0, 0.05) is 38.3 Å². The van der Waals surface area contributed by atoms with Crippen molar-refractivity contribution in [3.63, 3.8) is 0 Å². The molecule has 2 heterocycles. The molecule has 0 radical (unpaired) electrons. The van der Waals surface area contributed by atoms with E-state index in [1.807, 2.05) is 40.1 Å². The van der Waals surface area contributed by atoms with Crippen LogP contribution in [-0.4, -0.2) is 79.9 Å². The van der Waals surface area contributed by atoms with Crippen molar-refractivity contribution in [1.82, 2.24) is 20.4 Å². The number of hydrogen-bond donors (Lipinski definition) is 2. The predicted molar refractivity (Wildman–Crippen MR) is 128 cm³/mol. The number of nitrogens with one attached hydrogen (secondary N) is 2. The standard InChI is InChI=1S/C24H36N4O4S/c29-23(22(19-7-3-1-4-8-19)27-15-17-33(31,32)18-16-27)28-13-11-21(12-14-28)26-24(30)25-20-9-5-2-6-10-20/h1,3-4,7-8,20-22H,2,5-6,9-18H2,(H2,25,26,30). The van der Waals surface area contributed by atoms with E-state index in [-0.39, 0.29) is 35.5 Å². The molecular formula is C24H36N4O4S. The second-order valence-electron chi connectivity index (χ2n) is 9.55. The number of rotatable bonds is 5. The molecule has 33 heavy (non-hydrogen) atoms. The van der Waals surface area contributed by atoms with Gasteiger partial charge in [-0.15, -0.1) is 0 Å². The molecule has 2 aliphatic heterocycles. The zero-order valence-electron chi connectivity index (χ0n) is 19.2. The van der Waals surface area contributed by atoms with E-state index in [0.717, 1.165) is 31.2 Å². The first kappa shape index (κ1) is 24.0. The Morgan fingerprint density at radius 2 is 1.39 bits per heavy atom. The smallest absolute Gasteiger partial charge is 0.315 e. The molecule has 1 aliphatic carbocycles. The van der Waals surface area contributed by atoms with Gasteiger partial charge in [-0.3, -0.25) is 9.69 Å². The maximum atomic E-state index is 13.6. The molecular weight excluding hydrogens is 440 g/mol. The number of nitrogens with zero attached hydrogens (tertiary/aromatic N) is 2. The van der Waals surface area contributed by atoms with Crippen molar-refractivity contribution in [3.05, 3.63) is 35.9 Å². The van der Waals surface area contributed by atoms with Crippen LogP contribution < -0.4 is 10.6 Å². The van der Waals surface area contributed by atoms with Crippen molar-refractivity contribution in [2.24, 2.45) is 0 Å².